The lowest BCUT2D eigenvalue weighted by molar-refractivity contribution is -0.141. The molecule has 0 spiro atoms. The Morgan fingerprint density at radius 1 is 1.33 bits per heavy atom. The van der Waals surface area contributed by atoms with E-state index >= 15 is 0 Å². The molecule has 158 valence electrons. The average Bonchev–Trinajstić information content (AvgIpc) is 3.49. The summed E-state index contributed by atoms with van der Waals surface area (Å²) in [7, 11) is 0. The van der Waals surface area contributed by atoms with Gasteiger partial charge in [-0.3, -0.25) is 14.5 Å². The van der Waals surface area contributed by atoms with Crippen molar-refractivity contribution in [3.8, 4) is 6.07 Å². The van der Waals surface area contributed by atoms with Crippen molar-refractivity contribution < 1.29 is 14.0 Å². The van der Waals surface area contributed by atoms with Crippen LogP contribution in [0, 0.1) is 17.1 Å². The van der Waals surface area contributed by atoms with Gasteiger partial charge >= 0.3 is 0 Å². The maximum Gasteiger partial charge on any atom is 0.241 e. The number of hydrogen-bond acceptors (Lipinski definition) is 5. The summed E-state index contributed by atoms with van der Waals surface area (Å²) in [6.07, 6.45) is 3.89. The van der Waals surface area contributed by atoms with Crippen molar-refractivity contribution in [2.75, 3.05) is 19.6 Å². The Bertz CT molecular complexity index is 931. The molecule has 2 bridgehead atoms. The van der Waals surface area contributed by atoms with Crippen molar-refractivity contribution in [1.29, 1.82) is 5.26 Å². The van der Waals surface area contributed by atoms with E-state index in [0.717, 1.165) is 36.8 Å². The number of aryl methyl sites for hydroxylation is 1. The lowest BCUT2D eigenvalue weighted by atomic mass is 10.1. The molecular formula is C22H26FN5O2. The molecule has 5 rings (SSSR count). The summed E-state index contributed by atoms with van der Waals surface area (Å²) in [4.78, 5) is 31.5. The number of nitriles is 1. The van der Waals surface area contributed by atoms with Crippen LogP contribution in [0.5, 0.6) is 0 Å². The fraction of sp³-hybridized carbons (Fsp3) is 0.591. The maximum absolute atomic E-state index is 13.5. The average molecular weight is 411 g/mol. The van der Waals surface area contributed by atoms with Crippen LogP contribution in [0.4, 0.5) is 4.39 Å². The summed E-state index contributed by atoms with van der Waals surface area (Å²) in [6.45, 7) is 1.61. The number of hydrogen-bond donors (Lipinski definition) is 1. The third kappa shape index (κ3) is 2.99. The first-order chi connectivity index (χ1) is 14.5. The van der Waals surface area contributed by atoms with E-state index < -0.39 is 6.04 Å². The number of rotatable bonds is 4. The number of nitrogens with two attached hydrogens (primary N) is 1. The van der Waals surface area contributed by atoms with Crippen LogP contribution in [-0.4, -0.2) is 70.3 Å². The Kier molecular flexibility index (Phi) is 4.75. The molecule has 5 atom stereocenters. The zero-order chi connectivity index (χ0) is 21.0. The molecule has 4 unspecified atom stereocenters. The molecule has 2 N–H and O–H groups in total. The molecule has 3 fully saturated rings. The number of carbonyl (C=O) groups excluding carboxylic acids is 2. The van der Waals surface area contributed by atoms with Crippen LogP contribution in [0.1, 0.15) is 42.9 Å². The first kappa shape index (κ1) is 19.5. The van der Waals surface area contributed by atoms with Crippen molar-refractivity contribution in [3.63, 3.8) is 0 Å². The van der Waals surface area contributed by atoms with E-state index in [1.807, 2.05) is 15.9 Å². The Labute approximate surface area is 175 Å². The van der Waals surface area contributed by atoms with Gasteiger partial charge in [0.25, 0.3) is 0 Å². The van der Waals surface area contributed by atoms with Crippen molar-refractivity contribution in [3.05, 3.63) is 35.1 Å². The number of fused-ring (bicyclic) bond motifs is 3. The summed E-state index contributed by atoms with van der Waals surface area (Å²) in [6, 6.07) is 5.80. The van der Waals surface area contributed by atoms with E-state index in [2.05, 4.69) is 6.07 Å². The molecule has 0 aromatic heterocycles. The van der Waals surface area contributed by atoms with Crippen molar-refractivity contribution >= 4 is 11.8 Å². The molecule has 4 aliphatic rings. The van der Waals surface area contributed by atoms with Crippen molar-refractivity contribution in [1.82, 2.24) is 14.7 Å². The topological polar surface area (TPSA) is 93.7 Å². The number of benzene rings is 1. The number of amides is 2. The van der Waals surface area contributed by atoms with Crippen LogP contribution >= 0.6 is 0 Å². The zero-order valence-corrected chi connectivity index (χ0v) is 16.8. The summed E-state index contributed by atoms with van der Waals surface area (Å²) in [5.41, 5.74) is 8.26. The van der Waals surface area contributed by atoms with Crippen molar-refractivity contribution in [2.24, 2.45) is 5.73 Å². The van der Waals surface area contributed by atoms with Crippen LogP contribution < -0.4 is 5.73 Å². The van der Waals surface area contributed by atoms with Crippen LogP contribution in [0.15, 0.2) is 18.2 Å². The number of carbonyl (C=O) groups is 2. The third-order valence-electron chi connectivity index (χ3n) is 7.23. The van der Waals surface area contributed by atoms with E-state index in [9.17, 15) is 19.2 Å². The van der Waals surface area contributed by atoms with E-state index in [1.54, 1.807) is 11.0 Å². The zero-order valence-electron chi connectivity index (χ0n) is 16.8. The first-order valence-corrected chi connectivity index (χ1v) is 10.8. The molecule has 7 nitrogen and oxygen atoms in total. The minimum atomic E-state index is -0.727. The Balaban J connectivity index is 1.25. The molecule has 8 heteroatoms. The molecule has 3 heterocycles. The van der Waals surface area contributed by atoms with Gasteiger partial charge in [-0.1, -0.05) is 6.07 Å². The summed E-state index contributed by atoms with van der Waals surface area (Å²) in [5, 5.41) is 9.22. The van der Waals surface area contributed by atoms with E-state index in [-0.39, 0.29) is 41.8 Å². The molecular weight excluding hydrogens is 385 g/mol. The number of halogens is 1. The predicted molar refractivity (Wildman–Crippen MR) is 106 cm³/mol. The van der Waals surface area contributed by atoms with Crippen LogP contribution in [0.25, 0.3) is 0 Å². The lowest BCUT2D eigenvalue weighted by Gasteiger charge is -2.38. The Hall–Kier alpha value is -2.50. The number of piperazine rings is 1. The highest BCUT2D eigenvalue weighted by atomic mass is 19.1. The van der Waals surface area contributed by atoms with Gasteiger partial charge in [-0.2, -0.15) is 5.26 Å². The molecule has 30 heavy (non-hydrogen) atoms. The van der Waals surface area contributed by atoms with Gasteiger partial charge in [0.2, 0.25) is 11.8 Å². The maximum atomic E-state index is 13.5. The van der Waals surface area contributed by atoms with Gasteiger partial charge in [0, 0.05) is 25.7 Å². The second kappa shape index (κ2) is 7.33. The molecule has 3 aliphatic heterocycles. The quantitative estimate of drug-likeness (QED) is 0.796. The van der Waals surface area contributed by atoms with E-state index in [4.69, 9.17) is 5.73 Å². The number of nitrogens with zero attached hydrogens (tertiary/aromatic N) is 4. The highest BCUT2D eigenvalue weighted by Gasteiger charge is 2.53. The van der Waals surface area contributed by atoms with Gasteiger partial charge in [0.05, 0.1) is 24.2 Å². The minimum Gasteiger partial charge on any atom is -0.330 e. The Morgan fingerprint density at radius 2 is 2.17 bits per heavy atom. The minimum absolute atomic E-state index is 0.0153. The first-order valence-electron chi connectivity index (χ1n) is 10.8. The van der Waals surface area contributed by atoms with Gasteiger partial charge in [-0.05, 0) is 55.4 Å². The van der Waals surface area contributed by atoms with E-state index in [0.29, 0.717) is 26.1 Å². The second-order valence-corrected chi connectivity index (χ2v) is 8.93. The largest absolute Gasteiger partial charge is 0.330 e. The SMILES string of the molecule is N#CC1CCCN1C(=O)C(N)CN1CC2C[C@H]1C(=O)N2C1CCc2cc(F)ccc21. The smallest absolute Gasteiger partial charge is 0.241 e. The van der Waals surface area contributed by atoms with Gasteiger partial charge in [0.15, 0.2) is 0 Å². The van der Waals surface area contributed by atoms with Crippen molar-refractivity contribution in [2.45, 2.75) is 62.3 Å². The monoisotopic (exact) mass is 411 g/mol. The second-order valence-electron chi connectivity index (χ2n) is 8.93. The normalized spacial score (nSPS) is 31.3. The van der Waals surface area contributed by atoms with Gasteiger partial charge in [0.1, 0.15) is 11.9 Å². The fourth-order valence-corrected chi connectivity index (χ4v) is 5.86. The highest BCUT2D eigenvalue weighted by molar-refractivity contribution is 5.87. The molecule has 1 aliphatic carbocycles. The molecule has 0 saturated carbocycles. The van der Waals surface area contributed by atoms with E-state index in [1.165, 1.54) is 6.07 Å². The van der Waals surface area contributed by atoms with Crippen LogP contribution in [0.3, 0.4) is 0 Å². The molecule has 1 aromatic carbocycles. The number of likely N-dealkylation sites (tertiary alicyclic amines) is 3. The molecule has 1 aromatic rings. The highest BCUT2D eigenvalue weighted by Crippen LogP contribution is 2.43. The summed E-state index contributed by atoms with van der Waals surface area (Å²) >= 11 is 0. The molecule has 0 radical (unpaired) electrons. The Morgan fingerprint density at radius 3 is 2.93 bits per heavy atom. The lowest BCUT2D eigenvalue weighted by Crippen LogP contribution is -2.56. The molecule has 3 saturated heterocycles. The van der Waals surface area contributed by atoms with Gasteiger partial charge < -0.3 is 15.5 Å². The van der Waals surface area contributed by atoms with Crippen LogP contribution in [0.2, 0.25) is 0 Å². The molecule has 2 amide bonds. The van der Waals surface area contributed by atoms with Gasteiger partial charge in [-0.15, -0.1) is 0 Å². The third-order valence-corrected chi connectivity index (χ3v) is 7.23. The van der Waals surface area contributed by atoms with Crippen LogP contribution in [-0.2, 0) is 16.0 Å². The predicted octanol–water partition coefficient (Wildman–Crippen LogP) is 0.940. The van der Waals surface area contributed by atoms with Gasteiger partial charge in [-0.25, -0.2) is 4.39 Å². The summed E-state index contributed by atoms with van der Waals surface area (Å²) < 4.78 is 13.5. The summed E-state index contributed by atoms with van der Waals surface area (Å²) in [5.74, 6) is -0.341. The fourth-order valence-electron chi connectivity index (χ4n) is 5.86. The standard InChI is InChI=1S/C22H26FN5O2/c23-14-4-5-17-13(8-14)3-6-19(17)28-16-9-20(22(28)30)26(11-16)12-18(25)21(29)27-7-1-2-15(27)10-24/h4-5,8,15-16,18-20H,1-3,6-7,9,11-12,25H2/t15?,16?,18?,19?,20-/m0/s1.